The van der Waals surface area contributed by atoms with Crippen molar-refractivity contribution in [3.05, 3.63) is 56.2 Å². The summed E-state index contributed by atoms with van der Waals surface area (Å²) in [7, 11) is 0. The number of nitrogens with one attached hydrogen (secondary N) is 2. The van der Waals surface area contributed by atoms with E-state index in [0.717, 1.165) is 0 Å². The Morgan fingerprint density at radius 3 is 2.52 bits per heavy atom. The van der Waals surface area contributed by atoms with Crippen LogP contribution in [0.2, 0.25) is 10.0 Å². The Morgan fingerprint density at radius 2 is 1.88 bits per heavy atom. The highest BCUT2D eigenvalue weighted by atomic mass is 79.9. The summed E-state index contributed by atoms with van der Waals surface area (Å²) in [6.07, 6.45) is 0.921. The van der Waals surface area contributed by atoms with Gasteiger partial charge in [-0.1, -0.05) is 46.1 Å². The molecule has 2 rings (SSSR count). The highest BCUT2D eigenvalue weighted by Crippen LogP contribution is 2.31. The van der Waals surface area contributed by atoms with E-state index in [1.807, 2.05) is 6.92 Å². The topological polar surface area (TPSA) is 58.2 Å². The average molecular weight is 448 g/mol. The monoisotopic (exact) mass is 446 g/mol. The summed E-state index contributed by atoms with van der Waals surface area (Å²) >= 11 is 15.2. The van der Waals surface area contributed by atoms with Gasteiger partial charge in [0.05, 0.1) is 22.0 Å². The van der Waals surface area contributed by atoms with Gasteiger partial charge in [0.2, 0.25) is 5.91 Å². The van der Waals surface area contributed by atoms with E-state index in [1.165, 1.54) is 24.3 Å². The normalized spacial score (nSPS) is 10.4. The van der Waals surface area contributed by atoms with E-state index >= 15 is 0 Å². The predicted molar refractivity (Wildman–Crippen MR) is 102 cm³/mol. The van der Waals surface area contributed by atoms with Gasteiger partial charge in [-0.25, -0.2) is 4.39 Å². The van der Waals surface area contributed by atoms with Gasteiger partial charge in [0, 0.05) is 15.9 Å². The predicted octanol–water partition coefficient (Wildman–Crippen LogP) is 5.89. The van der Waals surface area contributed by atoms with Gasteiger partial charge < -0.3 is 10.6 Å². The molecule has 2 amide bonds. The van der Waals surface area contributed by atoms with Crippen LogP contribution in [-0.4, -0.2) is 11.8 Å². The van der Waals surface area contributed by atoms with E-state index in [9.17, 15) is 14.0 Å². The first kappa shape index (κ1) is 19.7. The molecule has 132 valence electrons. The molecule has 0 aliphatic rings. The number of carbonyl (C=O) groups excluding carboxylic acids is 2. The molecule has 0 saturated carbocycles. The third-order valence-electron chi connectivity index (χ3n) is 3.22. The minimum atomic E-state index is -0.641. The second-order valence-corrected chi connectivity index (χ2v) is 6.95. The number of hydrogen-bond acceptors (Lipinski definition) is 2. The summed E-state index contributed by atoms with van der Waals surface area (Å²) in [5.74, 6) is -1.53. The second kappa shape index (κ2) is 8.65. The van der Waals surface area contributed by atoms with Gasteiger partial charge in [-0.3, -0.25) is 9.59 Å². The molecular formula is C17H14BrCl2FN2O2. The Balaban J connectivity index is 2.35. The van der Waals surface area contributed by atoms with Gasteiger partial charge in [-0.2, -0.15) is 0 Å². The van der Waals surface area contributed by atoms with Crippen molar-refractivity contribution in [2.75, 3.05) is 10.6 Å². The van der Waals surface area contributed by atoms with Gasteiger partial charge in [0.1, 0.15) is 5.82 Å². The summed E-state index contributed by atoms with van der Waals surface area (Å²) in [6, 6.07) is 7.01. The van der Waals surface area contributed by atoms with Crippen molar-refractivity contribution in [3.63, 3.8) is 0 Å². The summed E-state index contributed by atoms with van der Waals surface area (Å²) < 4.78 is 14.5. The van der Waals surface area contributed by atoms with Crippen molar-refractivity contribution in [1.29, 1.82) is 0 Å². The zero-order valence-electron chi connectivity index (χ0n) is 13.1. The maximum absolute atomic E-state index is 13.9. The third-order valence-corrected chi connectivity index (χ3v) is 4.23. The first-order chi connectivity index (χ1) is 11.8. The molecule has 0 saturated heterocycles. The number of rotatable bonds is 5. The molecule has 2 aromatic carbocycles. The van der Waals surface area contributed by atoms with Gasteiger partial charge in [-0.15, -0.1) is 0 Å². The molecular weight excluding hydrogens is 434 g/mol. The molecule has 0 atom stereocenters. The van der Waals surface area contributed by atoms with Crippen LogP contribution in [0.5, 0.6) is 0 Å². The first-order valence-corrected chi connectivity index (χ1v) is 8.92. The molecule has 0 bridgehead atoms. The molecule has 0 aliphatic carbocycles. The molecule has 0 unspecified atom stereocenters. The van der Waals surface area contributed by atoms with Crippen LogP contribution in [0.3, 0.4) is 0 Å². The van der Waals surface area contributed by atoms with E-state index in [2.05, 4.69) is 26.6 Å². The molecule has 4 nitrogen and oxygen atoms in total. The molecule has 0 aliphatic heterocycles. The van der Waals surface area contributed by atoms with Crippen molar-refractivity contribution in [2.45, 2.75) is 19.8 Å². The van der Waals surface area contributed by atoms with Crippen LogP contribution in [0, 0.1) is 5.82 Å². The summed E-state index contributed by atoms with van der Waals surface area (Å²) in [5.41, 5.74) is 0.180. The fourth-order valence-electron chi connectivity index (χ4n) is 2.09. The van der Waals surface area contributed by atoms with Crippen LogP contribution in [0.4, 0.5) is 15.8 Å². The number of anilines is 2. The lowest BCUT2D eigenvalue weighted by atomic mass is 10.1. The van der Waals surface area contributed by atoms with Crippen molar-refractivity contribution < 1.29 is 14.0 Å². The summed E-state index contributed by atoms with van der Waals surface area (Å²) in [4.78, 5) is 24.4. The molecule has 0 heterocycles. The number of halogens is 4. The molecule has 2 N–H and O–H groups in total. The van der Waals surface area contributed by atoms with Crippen LogP contribution >= 0.6 is 39.1 Å². The highest BCUT2D eigenvalue weighted by Gasteiger charge is 2.19. The zero-order chi connectivity index (χ0) is 18.6. The lowest BCUT2D eigenvalue weighted by molar-refractivity contribution is -0.116. The van der Waals surface area contributed by atoms with E-state index in [1.54, 1.807) is 6.07 Å². The van der Waals surface area contributed by atoms with Crippen LogP contribution < -0.4 is 10.6 Å². The minimum absolute atomic E-state index is 0.00451. The maximum Gasteiger partial charge on any atom is 0.257 e. The number of benzene rings is 2. The minimum Gasteiger partial charge on any atom is -0.324 e. The zero-order valence-corrected chi connectivity index (χ0v) is 16.2. The quantitative estimate of drug-likeness (QED) is 0.600. The molecule has 0 fully saturated rings. The Labute approximate surface area is 162 Å². The van der Waals surface area contributed by atoms with Crippen molar-refractivity contribution in [3.8, 4) is 0 Å². The third kappa shape index (κ3) is 5.17. The first-order valence-electron chi connectivity index (χ1n) is 7.37. The van der Waals surface area contributed by atoms with Crippen LogP contribution in [0.15, 0.2) is 34.8 Å². The summed E-state index contributed by atoms with van der Waals surface area (Å²) in [5, 5.41) is 5.40. The van der Waals surface area contributed by atoms with Crippen LogP contribution in [-0.2, 0) is 4.79 Å². The van der Waals surface area contributed by atoms with E-state index < -0.39 is 11.7 Å². The lowest BCUT2D eigenvalue weighted by Gasteiger charge is -2.14. The average Bonchev–Trinajstić information content (AvgIpc) is 2.52. The number of amides is 2. The lowest BCUT2D eigenvalue weighted by Crippen LogP contribution is -2.19. The summed E-state index contributed by atoms with van der Waals surface area (Å²) in [6.45, 7) is 1.85. The van der Waals surface area contributed by atoms with Gasteiger partial charge in [-0.05, 0) is 36.8 Å². The van der Waals surface area contributed by atoms with Crippen molar-refractivity contribution in [2.24, 2.45) is 0 Å². The Hall–Kier alpha value is -1.63. The number of carbonyl (C=O) groups is 2. The van der Waals surface area contributed by atoms with Crippen LogP contribution in [0.1, 0.15) is 30.1 Å². The standard InChI is InChI=1S/C17H14BrCl2FN2O2/c1-2-3-15(24)23-16-11(7-10(19)8-12(16)20)17(25)22-14-5-4-9(18)6-13(14)21/h4-8H,2-3H2,1H3,(H,22,25)(H,23,24). The molecule has 2 aromatic rings. The second-order valence-electron chi connectivity index (χ2n) is 5.19. The van der Waals surface area contributed by atoms with Crippen molar-refractivity contribution in [1.82, 2.24) is 0 Å². The largest absolute Gasteiger partial charge is 0.324 e. The molecule has 0 aromatic heterocycles. The molecule has 0 radical (unpaired) electrons. The van der Waals surface area contributed by atoms with Gasteiger partial charge >= 0.3 is 0 Å². The fraction of sp³-hybridized carbons (Fsp3) is 0.176. The maximum atomic E-state index is 13.9. The van der Waals surface area contributed by atoms with Gasteiger partial charge in [0.15, 0.2) is 0 Å². The molecule has 8 heteroatoms. The SMILES string of the molecule is CCCC(=O)Nc1c(Cl)cc(Cl)cc1C(=O)Nc1ccc(Br)cc1F. The number of hydrogen-bond donors (Lipinski definition) is 2. The van der Waals surface area contributed by atoms with Gasteiger partial charge in [0.25, 0.3) is 5.91 Å². The van der Waals surface area contributed by atoms with Crippen LogP contribution in [0.25, 0.3) is 0 Å². The Bertz CT molecular complexity index is 831. The Morgan fingerprint density at radius 1 is 1.16 bits per heavy atom. The smallest absolute Gasteiger partial charge is 0.257 e. The Kier molecular flexibility index (Phi) is 6.81. The van der Waals surface area contributed by atoms with E-state index in [4.69, 9.17) is 23.2 Å². The van der Waals surface area contributed by atoms with E-state index in [-0.39, 0.29) is 39.3 Å². The molecule has 0 spiro atoms. The molecule has 25 heavy (non-hydrogen) atoms. The fourth-order valence-corrected chi connectivity index (χ4v) is 2.96. The highest BCUT2D eigenvalue weighted by molar-refractivity contribution is 9.10. The van der Waals surface area contributed by atoms with Crippen molar-refractivity contribution >= 4 is 62.3 Å². The van der Waals surface area contributed by atoms with E-state index in [0.29, 0.717) is 10.9 Å².